The Morgan fingerprint density at radius 1 is 0.759 bits per heavy atom. The molecule has 4 aromatic carbocycles. The Bertz CT molecular complexity index is 1630. The van der Waals surface area contributed by atoms with Crippen LogP contribution in [-0.4, -0.2) is 4.98 Å². The minimum Gasteiger partial charge on any atom is -0.353 e. The molecule has 6 rings (SSSR count). The van der Waals surface area contributed by atoms with Crippen molar-refractivity contribution < 1.29 is 0 Å². The van der Waals surface area contributed by atoms with Crippen LogP contribution in [-0.2, 0) is 0 Å². The van der Waals surface area contributed by atoms with Gasteiger partial charge in [-0.3, -0.25) is 0 Å². The van der Waals surface area contributed by atoms with E-state index >= 15 is 0 Å². The van der Waals surface area contributed by atoms with Crippen LogP contribution in [0.5, 0.6) is 0 Å². The number of hydrogen-bond donors (Lipinski definition) is 1. The zero-order chi connectivity index (χ0) is 19.5. The molecule has 0 spiro atoms. The summed E-state index contributed by atoms with van der Waals surface area (Å²) >= 11 is 1.84. The van der Waals surface area contributed by atoms with Gasteiger partial charge < -0.3 is 4.98 Å². The Kier molecular flexibility index (Phi) is 3.47. The second-order valence-electron chi connectivity index (χ2n) is 7.42. The van der Waals surface area contributed by atoms with Crippen LogP contribution in [0.1, 0.15) is 17.4 Å². The van der Waals surface area contributed by atoms with E-state index in [4.69, 9.17) is 0 Å². The summed E-state index contributed by atoms with van der Waals surface area (Å²) in [5, 5.41) is 9.07. The quantitative estimate of drug-likeness (QED) is 0.286. The Morgan fingerprint density at radius 3 is 2.14 bits per heavy atom. The lowest BCUT2D eigenvalue weighted by molar-refractivity contribution is 1.59. The Hall–Kier alpha value is -3.36. The molecule has 2 heterocycles. The van der Waals surface area contributed by atoms with E-state index in [1.165, 1.54) is 63.9 Å². The minimum absolute atomic E-state index is 1.22. The highest BCUT2D eigenvalue weighted by atomic mass is 32.1. The summed E-state index contributed by atoms with van der Waals surface area (Å²) in [5.41, 5.74) is 3.67. The number of allylic oxidation sites excluding steroid dienone is 1. The van der Waals surface area contributed by atoms with Gasteiger partial charge in [-0.15, -0.1) is 11.3 Å². The lowest BCUT2D eigenvalue weighted by Gasteiger charge is -2.06. The molecule has 0 bridgehead atoms. The van der Waals surface area contributed by atoms with Gasteiger partial charge in [0.1, 0.15) is 0 Å². The van der Waals surface area contributed by atoms with E-state index in [0.717, 1.165) is 0 Å². The van der Waals surface area contributed by atoms with Crippen molar-refractivity contribution in [2.24, 2.45) is 0 Å². The Morgan fingerprint density at radius 2 is 1.41 bits per heavy atom. The van der Waals surface area contributed by atoms with Gasteiger partial charge in [-0.25, -0.2) is 0 Å². The van der Waals surface area contributed by atoms with E-state index in [0.29, 0.717) is 0 Å². The molecular weight excluding hydrogens is 370 g/mol. The van der Waals surface area contributed by atoms with Crippen molar-refractivity contribution in [2.45, 2.75) is 6.92 Å². The zero-order valence-electron chi connectivity index (χ0n) is 16.1. The van der Waals surface area contributed by atoms with Crippen LogP contribution in [0, 0.1) is 0 Å². The van der Waals surface area contributed by atoms with Gasteiger partial charge in [-0.05, 0) is 34.7 Å². The summed E-state index contributed by atoms with van der Waals surface area (Å²) in [6.45, 7) is 6.13. The first kappa shape index (κ1) is 16.6. The molecule has 0 saturated carbocycles. The van der Waals surface area contributed by atoms with Crippen molar-refractivity contribution in [3.05, 3.63) is 83.8 Å². The van der Waals surface area contributed by atoms with Gasteiger partial charge in [0.05, 0.1) is 15.7 Å². The number of H-pyrrole nitrogens is 1. The number of thiophene rings is 1. The van der Waals surface area contributed by atoms with Crippen LogP contribution in [0.4, 0.5) is 0 Å². The van der Waals surface area contributed by atoms with E-state index in [2.05, 4.69) is 91.3 Å². The average molecular weight is 390 g/mol. The molecule has 0 radical (unpaired) electrons. The van der Waals surface area contributed by atoms with Crippen molar-refractivity contribution in [1.29, 1.82) is 0 Å². The van der Waals surface area contributed by atoms with Gasteiger partial charge in [-0.1, -0.05) is 79.4 Å². The predicted molar refractivity (Wildman–Crippen MR) is 131 cm³/mol. The van der Waals surface area contributed by atoms with Crippen LogP contribution >= 0.6 is 11.3 Å². The number of aromatic amines is 1. The fourth-order valence-corrected chi connectivity index (χ4v) is 5.97. The molecule has 2 heteroatoms. The molecular formula is C27H19NS. The molecule has 1 nitrogen and oxygen atoms in total. The highest BCUT2D eigenvalue weighted by Gasteiger charge is 2.17. The number of fused-ring (bicyclic) bond motifs is 10. The van der Waals surface area contributed by atoms with Gasteiger partial charge in [0.2, 0.25) is 0 Å². The zero-order valence-corrected chi connectivity index (χ0v) is 16.9. The molecule has 0 aliphatic carbocycles. The first-order valence-corrected chi connectivity index (χ1v) is 10.7. The summed E-state index contributed by atoms with van der Waals surface area (Å²) in [7, 11) is 0. The van der Waals surface area contributed by atoms with Crippen molar-refractivity contribution >= 4 is 76.9 Å². The monoisotopic (exact) mass is 389 g/mol. The molecule has 6 aromatic rings. The highest BCUT2D eigenvalue weighted by molar-refractivity contribution is 7.21. The first-order chi connectivity index (χ1) is 14.3. The van der Waals surface area contributed by atoms with E-state index < -0.39 is 0 Å². The highest BCUT2D eigenvalue weighted by Crippen LogP contribution is 2.43. The second-order valence-corrected chi connectivity index (χ2v) is 8.47. The third kappa shape index (κ3) is 2.15. The molecule has 138 valence electrons. The van der Waals surface area contributed by atoms with Gasteiger partial charge in [0.25, 0.3) is 0 Å². The fraction of sp³-hybridized carbons (Fsp3) is 0.0370. The van der Waals surface area contributed by atoms with Crippen LogP contribution in [0.15, 0.2) is 73.3 Å². The Labute approximate surface area is 172 Å². The third-order valence-electron chi connectivity index (χ3n) is 5.90. The van der Waals surface area contributed by atoms with Gasteiger partial charge in [-0.2, -0.15) is 0 Å². The molecule has 0 unspecified atom stereocenters. The first-order valence-electron chi connectivity index (χ1n) is 9.87. The molecule has 0 amide bonds. The summed E-state index contributed by atoms with van der Waals surface area (Å²) in [4.78, 5) is 5.08. The summed E-state index contributed by atoms with van der Waals surface area (Å²) in [5.74, 6) is 0. The molecule has 1 N–H and O–H groups in total. The van der Waals surface area contributed by atoms with E-state index in [9.17, 15) is 0 Å². The summed E-state index contributed by atoms with van der Waals surface area (Å²) in [6, 6.07) is 22.0. The molecule has 29 heavy (non-hydrogen) atoms. The van der Waals surface area contributed by atoms with Crippen molar-refractivity contribution in [3.63, 3.8) is 0 Å². The topological polar surface area (TPSA) is 15.8 Å². The molecule has 0 saturated heterocycles. The molecule has 2 aromatic heterocycles. The average Bonchev–Trinajstić information content (AvgIpc) is 3.32. The van der Waals surface area contributed by atoms with Gasteiger partial charge in [0.15, 0.2) is 0 Å². The smallest absolute Gasteiger partial charge is 0.0646 e. The second kappa shape index (κ2) is 6.07. The van der Waals surface area contributed by atoms with E-state index in [1.54, 1.807) is 0 Å². The van der Waals surface area contributed by atoms with Gasteiger partial charge in [0, 0.05) is 26.4 Å². The maximum absolute atomic E-state index is 4.06. The molecule has 0 fully saturated rings. The number of aromatic nitrogens is 1. The number of benzene rings is 4. The summed E-state index contributed by atoms with van der Waals surface area (Å²) in [6.07, 6.45) is 6.26. The SMILES string of the molecule is C=Cc1c(/C=C\C)sc2c1ccc1c2[nH]c2c3ccccc3c3ccccc3c12. The lowest BCUT2D eigenvalue weighted by Crippen LogP contribution is -1.80. The number of hydrogen-bond acceptors (Lipinski definition) is 1. The maximum atomic E-state index is 4.06. The van der Waals surface area contributed by atoms with Crippen molar-refractivity contribution in [3.8, 4) is 0 Å². The molecule has 0 aliphatic heterocycles. The number of nitrogens with one attached hydrogen (secondary N) is 1. The minimum atomic E-state index is 1.22. The predicted octanol–water partition coefficient (Wildman–Crippen LogP) is 8.52. The fourth-order valence-electron chi connectivity index (χ4n) is 4.69. The van der Waals surface area contributed by atoms with E-state index in [-0.39, 0.29) is 0 Å². The van der Waals surface area contributed by atoms with Crippen LogP contribution < -0.4 is 0 Å². The molecule has 0 atom stereocenters. The lowest BCUT2D eigenvalue weighted by atomic mass is 9.96. The summed E-state index contributed by atoms with van der Waals surface area (Å²) < 4.78 is 1.30. The van der Waals surface area contributed by atoms with Crippen LogP contribution in [0.2, 0.25) is 0 Å². The largest absolute Gasteiger partial charge is 0.353 e. The Balaban J connectivity index is 1.90. The van der Waals surface area contributed by atoms with Crippen LogP contribution in [0.3, 0.4) is 0 Å². The van der Waals surface area contributed by atoms with Crippen molar-refractivity contribution in [2.75, 3.05) is 0 Å². The number of rotatable bonds is 2. The van der Waals surface area contributed by atoms with E-state index in [1.807, 2.05) is 17.4 Å². The third-order valence-corrected chi connectivity index (χ3v) is 7.10. The van der Waals surface area contributed by atoms with Crippen molar-refractivity contribution in [1.82, 2.24) is 4.98 Å². The normalized spacial score (nSPS) is 12.3. The van der Waals surface area contributed by atoms with Gasteiger partial charge >= 0.3 is 0 Å². The maximum Gasteiger partial charge on any atom is 0.0646 e. The van der Waals surface area contributed by atoms with Crippen LogP contribution in [0.25, 0.3) is 65.6 Å². The standard InChI is InChI=1S/C27H19NS/c1-3-9-23-16(4-2)21-14-15-22-24-19-12-7-5-10-17(19)18-11-6-8-13-20(18)25(24)28-26(22)27(21)29-23/h3-15,28H,2H2,1H3/b9-3-. The molecule has 0 aliphatic rings.